The van der Waals surface area contributed by atoms with E-state index in [1.807, 2.05) is 97.8 Å². The highest BCUT2D eigenvalue weighted by Crippen LogP contribution is 2.24. The lowest BCUT2D eigenvalue weighted by molar-refractivity contribution is 0.102. The number of amides is 1. The van der Waals surface area contributed by atoms with Crippen molar-refractivity contribution in [2.45, 2.75) is 13.1 Å². The molecule has 0 aliphatic rings. The van der Waals surface area contributed by atoms with E-state index in [9.17, 15) is 4.79 Å². The Kier molecular flexibility index (Phi) is 6.24. The van der Waals surface area contributed by atoms with Crippen molar-refractivity contribution in [1.29, 1.82) is 0 Å². The van der Waals surface area contributed by atoms with Crippen LogP contribution in [0.3, 0.4) is 0 Å². The van der Waals surface area contributed by atoms with Crippen LogP contribution in [0, 0.1) is 0 Å². The van der Waals surface area contributed by atoms with E-state index in [-0.39, 0.29) is 5.91 Å². The molecule has 0 unspecified atom stereocenters. The first kappa shape index (κ1) is 20.6. The third-order valence-corrected chi connectivity index (χ3v) is 4.99. The van der Waals surface area contributed by atoms with Crippen molar-refractivity contribution in [3.05, 3.63) is 108 Å². The maximum atomic E-state index is 13.3. The predicted octanol–water partition coefficient (Wildman–Crippen LogP) is 4.91. The van der Waals surface area contributed by atoms with Crippen LogP contribution in [-0.2, 0) is 13.1 Å². The van der Waals surface area contributed by atoms with Gasteiger partial charge in [-0.05, 0) is 31.3 Å². The number of benzene rings is 3. The number of nitrogens with one attached hydrogen (secondary N) is 1. The first-order valence-corrected chi connectivity index (χ1v) is 10.3. The highest BCUT2D eigenvalue weighted by atomic mass is 16.1. The van der Waals surface area contributed by atoms with Gasteiger partial charge in [-0.15, -0.1) is 0 Å². The Bertz CT molecular complexity index is 1150. The van der Waals surface area contributed by atoms with E-state index < -0.39 is 0 Å². The summed E-state index contributed by atoms with van der Waals surface area (Å²) in [7, 11) is 4.03. The number of para-hydroxylation sites is 1. The second-order valence-corrected chi connectivity index (χ2v) is 7.79. The number of anilines is 1. The number of hydrogen-bond donors (Lipinski definition) is 1. The highest BCUT2D eigenvalue weighted by molar-refractivity contribution is 6.08. The highest BCUT2D eigenvalue weighted by Gasteiger charge is 2.19. The average molecular weight is 411 g/mol. The zero-order valence-electron chi connectivity index (χ0n) is 17.8. The maximum Gasteiger partial charge on any atom is 0.259 e. The van der Waals surface area contributed by atoms with E-state index in [1.165, 1.54) is 0 Å². The van der Waals surface area contributed by atoms with Gasteiger partial charge in [0.15, 0.2) is 0 Å². The Morgan fingerprint density at radius 1 is 0.903 bits per heavy atom. The van der Waals surface area contributed by atoms with Gasteiger partial charge in [0.1, 0.15) is 5.69 Å². The summed E-state index contributed by atoms with van der Waals surface area (Å²) in [6.45, 7) is 1.35. The lowest BCUT2D eigenvalue weighted by Crippen LogP contribution is -2.17. The van der Waals surface area contributed by atoms with Gasteiger partial charge in [-0.3, -0.25) is 9.48 Å². The summed E-state index contributed by atoms with van der Waals surface area (Å²) in [6.07, 6.45) is 1.83. The molecule has 5 heteroatoms. The van der Waals surface area contributed by atoms with Crippen LogP contribution in [0.2, 0.25) is 0 Å². The number of hydrogen-bond acceptors (Lipinski definition) is 3. The molecule has 0 aliphatic carbocycles. The second-order valence-electron chi connectivity index (χ2n) is 7.79. The Hall–Kier alpha value is -3.70. The molecule has 0 atom stereocenters. The molecule has 4 rings (SSSR count). The van der Waals surface area contributed by atoms with E-state index in [0.717, 1.165) is 28.9 Å². The minimum Gasteiger partial charge on any atom is -0.322 e. The largest absolute Gasteiger partial charge is 0.322 e. The quantitative estimate of drug-likeness (QED) is 0.471. The van der Waals surface area contributed by atoms with E-state index >= 15 is 0 Å². The van der Waals surface area contributed by atoms with Crippen LogP contribution in [0.1, 0.15) is 21.5 Å². The number of aromatic nitrogens is 2. The van der Waals surface area contributed by atoms with Gasteiger partial charge in [-0.25, -0.2) is 0 Å². The molecule has 4 aromatic rings. The first-order valence-electron chi connectivity index (χ1n) is 10.3. The molecule has 1 heterocycles. The fourth-order valence-electron chi connectivity index (χ4n) is 3.56. The standard InChI is InChI=1S/C26H26N4O/c1-29(2)18-22-15-9-10-16-24(22)27-26(31)23-19-30(17-20-11-5-3-6-12-20)28-25(23)21-13-7-4-8-14-21/h3-16,19H,17-18H2,1-2H3,(H,27,31). The Balaban J connectivity index is 1.67. The minimum atomic E-state index is -0.163. The third-order valence-electron chi connectivity index (χ3n) is 4.99. The molecule has 5 nitrogen and oxygen atoms in total. The molecule has 0 saturated carbocycles. The van der Waals surface area contributed by atoms with E-state index in [1.54, 1.807) is 0 Å². The van der Waals surface area contributed by atoms with Gasteiger partial charge in [0.25, 0.3) is 5.91 Å². The zero-order chi connectivity index (χ0) is 21.6. The van der Waals surface area contributed by atoms with Crippen molar-refractivity contribution in [3.8, 4) is 11.3 Å². The van der Waals surface area contributed by atoms with Crippen molar-refractivity contribution >= 4 is 11.6 Å². The second kappa shape index (κ2) is 9.41. The van der Waals surface area contributed by atoms with E-state index in [0.29, 0.717) is 17.8 Å². The molecule has 0 saturated heterocycles. The van der Waals surface area contributed by atoms with Crippen LogP contribution >= 0.6 is 0 Å². The lowest BCUT2D eigenvalue weighted by Gasteiger charge is -2.14. The van der Waals surface area contributed by atoms with Crippen LogP contribution in [0.15, 0.2) is 91.1 Å². The molecule has 31 heavy (non-hydrogen) atoms. The molecule has 1 N–H and O–H groups in total. The van der Waals surface area contributed by atoms with Crippen molar-refractivity contribution in [2.24, 2.45) is 0 Å². The van der Waals surface area contributed by atoms with Crippen molar-refractivity contribution in [2.75, 3.05) is 19.4 Å². The maximum absolute atomic E-state index is 13.3. The molecule has 0 aliphatic heterocycles. The molecule has 3 aromatic carbocycles. The molecular formula is C26H26N4O. The van der Waals surface area contributed by atoms with Crippen LogP contribution in [0.25, 0.3) is 11.3 Å². The van der Waals surface area contributed by atoms with Crippen molar-refractivity contribution in [1.82, 2.24) is 14.7 Å². The first-order chi connectivity index (χ1) is 15.1. The molecule has 1 aromatic heterocycles. The number of rotatable bonds is 7. The molecule has 0 spiro atoms. The summed E-state index contributed by atoms with van der Waals surface area (Å²) < 4.78 is 1.83. The Labute approximate surface area is 183 Å². The van der Waals surface area contributed by atoms with Gasteiger partial charge >= 0.3 is 0 Å². The summed E-state index contributed by atoms with van der Waals surface area (Å²) in [5.41, 5.74) is 5.17. The Morgan fingerprint density at radius 3 is 2.26 bits per heavy atom. The molecule has 156 valence electrons. The fourth-order valence-corrected chi connectivity index (χ4v) is 3.56. The normalized spacial score (nSPS) is 10.9. The summed E-state index contributed by atoms with van der Waals surface area (Å²) in [6, 6.07) is 27.8. The molecular weight excluding hydrogens is 384 g/mol. The number of nitrogens with zero attached hydrogens (tertiary/aromatic N) is 3. The number of carbonyl (C=O) groups excluding carboxylic acids is 1. The van der Waals surface area contributed by atoms with Gasteiger partial charge in [0, 0.05) is 24.0 Å². The lowest BCUT2D eigenvalue weighted by atomic mass is 10.1. The van der Waals surface area contributed by atoms with Crippen LogP contribution in [0.4, 0.5) is 5.69 Å². The summed E-state index contributed by atoms with van der Waals surface area (Å²) in [4.78, 5) is 15.4. The van der Waals surface area contributed by atoms with Crippen LogP contribution in [0.5, 0.6) is 0 Å². The topological polar surface area (TPSA) is 50.2 Å². The number of carbonyl (C=O) groups is 1. The molecule has 1 amide bonds. The summed E-state index contributed by atoms with van der Waals surface area (Å²) >= 11 is 0. The van der Waals surface area contributed by atoms with Crippen molar-refractivity contribution < 1.29 is 4.79 Å². The van der Waals surface area contributed by atoms with Crippen molar-refractivity contribution in [3.63, 3.8) is 0 Å². The monoisotopic (exact) mass is 410 g/mol. The molecule has 0 radical (unpaired) electrons. The Morgan fingerprint density at radius 2 is 1.55 bits per heavy atom. The van der Waals surface area contributed by atoms with E-state index in [2.05, 4.69) is 22.3 Å². The van der Waals surface area contributed by atoms with Gasteiger partial charge in [-0.2, -0.15) is 5.10 Å². The molecule has 0 fully saturated rings. The summed E-state index contributed by atoms with van der Waals surface area (Å²) in [5, 5.41) is 7.86. The van der Waals surface area contributed by atoms with E-state index in [4.69, 9.17) is 5.10 Å². The van der Waals surface area contributed by atoms with Gasteiger partial charge in [-0.1, -0.05) is 78.9 Å². The fraction of sp³-hybridized carbons (Fsp3) is 0.154. The van der Waals surface area contributed by atoms with Gasteiger partial charge < -0.3 is 10.2 Å². The van der Waals surface area contributed by atoms with Gasteiger partial charge in [0.2, 0.25) is 0 Å². The summed E-state index contributed by atoms with van der Waals surface area (Å²) in [5.74, 6) is -0.163. The van der Waals surface area contributed by atoms with Gasteiger partial charge in [0.05, 0.1) is 12.1 Å². The SMILES string of the molecule is CN(C)Cc1ccccc1NC(=O)c1cn(Cc2ccccc2)nc1-c1ccccc1. The average Bonchev–Trinajstić information content (AvgIpc) is 3.20. The van der Waals surface area contributed by atoms with Crippen LogP contribution in [-0.4, -0.2) is 34.7 Å². The molecule has 0 bridgehead atoms. The van der Waals surface area contributed by atoms with Crippen LogP contribution < -0.4 is 5.32 Å². The zero-order valence-corrected chi connectivity index (χ0v) is 17.8. The third kappa shape index (κ3) is 5.08. The predicted molar refractivity (Wildman–Crippen MR) is 125 cm³/mol. The minimum absolute atomic E-state index is 0.163. The smallest absolute Gasteiger partial charge is 0.259 e.